The molecule has 0 spiro atoms. The lowest BCUT2D eigenvalue weighted by molar-refractivity contribution is -0.117. The molecule has 0 radical (unpaired) electrons. The molecule has 1 heterocycles. The zero-order chi connectivity index (χ0) is 11.4. The number of fused-ring (bicyclic) bond motifs is 1. The standard InChI is InChI=1S/C13H16N2O/c1-11(16)6-4-5-9-15-13-8-3-2-7-12(13)10-14-15/h2-3,7-8,10H,4-6,9H2,1H3. The Morgan fingerprint density at radius 1 is 1.31 bits per heavy atom. The van der Waals surface area contributed by atoms with Crippen molar-refractivity contribution in [1.82, 2.24) is 9.78 Å². The van der Waals surface area contributed by atoms with Crippen molar-refractivity contribution in [1.29, 1.82) is 0 Å². The molecular formula is C13H16N2O. The zero-order valence-corrected chi connectivity index (χ0v) is 9.52. The average molecular weight is 216 g/mol. The third-order valence-electron chi connectivity index (χ3n) is 2.70. The van der Waals surface area contributed by atoms with Gasteiger partial charge < -0.3 is 4.79 Å². The van der Waals surface area contributed by atoms with Gasteiger partial charge in [0.05, 0.1) is 11.7 Å². The molecule has 3 heteroatoms. The summed E-state index contributed by atoms with van der Waals surface area (Å²) in [5.74, 6) is 0.269. The summed E-state index contributed by atoms with van der Waals surface area (Å²) in [6.07, 6.45) is 4.52. The number of unbranched alkanes of at least 4 members (excludes halogenated alkanes) is 1. The maximum atomic E-state index is 10.8. The maximum Gasteiger partial charge on any atom is 0.129 e. The molecule has 2 aromatic rings. The Morgan fingerprint density at radius 2 is 2.12 bits per heavy atom. The summed E-state index contributed by atoms with van der Waals surface area (Å²) in [4.78, 5) is 10.8. The van der Waals surface area contributed by atoms with E-state index in [4.69, 9.17) is 0 Å². The van der Waals surface area contributed by atoms with Gasteiger partial charge in [0.1, 0.15) is 5.78 Å². The van der Waals surface area contributed by atoms with Crippen LogP contribution in [0.4, 0.5) is 0 Å². The van der Waals surface area contributed by atoms with Crippen LogP contribution in [0.1, 0.15) is 26.2 Å². The third-order valence-corrected chi connectivity index (χ3v) is 2.70. The molecule has 0 bridgehead atoms. The Hall–Kier alpha value is -1.64. The first-order valence-corrected chi connectivity index (χ1v) is 5.67. The first-order valence-electron chi connectivity index (χ1n) is 5.67. The molecule has 0 saturated heterocycles. The van der Waals surface area contributed by atoms with Gasteiger partial charge in [0, 0.05) is 18.4 Å². The molecule has 1 aromatic heterocycles. The van der Waals surface area contributed by atoms with Gasteiger partial charge in [-0.3, -0.25) is 4.68 Å². The molecule has 0 aliphatic rings. The first kappa shape index (κ1) is 10.9. The topological polar surface area (TPSA) is 34.9 Å². The van der Waals surface area contributed by atoms with Gasteiger partial charge in [-0.2, -0.15) is 5.10 Å². The Morgan fingerprint density at radius 3 is 2.94 bits per heavy atom. The predicted molar refractivity (Wildman–Crippen MR) is 64.3 cm³/mol. The SMILES string of the molecule is CC(=O)CCCCn1ncc2ccccc21. The van der Waals surface area contributed by atoms with Crippen molar-refractivity contribution < 1.29 is 4.79 Å². The molecule has 0 saturated carbocycles. The van der Waals surface area contributed by atoms with E-state index in [1.807, 2.05) is 23.0 Å². The van der Waals surface area contributed by atoms with Gasteiger partial charge in [-0.1, -0.05) is 18.2 Å². The molecule has 0 unspecified atom stereocenters. The van der Waals surface area contributed by atoms with Crippen LogP contribution in [0.25, 0.3) is 10.9 Å². The van der Waals surface area contributed by atoms with Crippen LogP contribution in [0.2, 0.25) is 0 Å². The van der Waals surface area contributed by atoms with E-state index in [-0.39, 0.29) is 5.78 Å². The molecule has 84 valence electrons. The number of rotatable bonds is 5. The first-order chi connectivity index (χ1) is 7.77. The second-order valence-corrected chi connectivity index (χ2v) is 4.09. The van der Waals surface area contributed by atoms with E-state index < -0.39 is 0 Å². The lowest BCUT2D eigenvalue weighted by atomic mass is 10.2. The molecule has 0 amide bonds. The third kappa shape index (κ3) is 2.48. The molecule has 0 fully saturated rings. The number of benzene rings is 1. The lowest BCUT2D eigenvalue weighted by Crippen LogP contribution is -2.00. The van der Waals surface area contributed by atoms with Crippen LogP contribution < -0.4 is 0 Å². The fourth-order valence-corrected chi connectivity index (χ4v) is 1.84. The Kier molecular flexibility index (Phi) is 3.34. The summed E-state index contributed by atoms with van der Waals surface area (Å²) in [6.45, 7) is 2.53. The number of para-hydroxylation sites is 1. The highest BCUT2D eigenvalue weighted by Gasteiger charge is 2.01. The predicted octanol–water partition coefficient (Wildman–Crippen LogP) is 2.80. The molecule has 0 aliphatic carbocycles. The lowest BCUT2D eigenvalue weighted by Gasteiger charge is -2.02. The van der Waals surface area contributed by atoms with Crippen LogP contribution >= 0.6 is 0 Å². The summed E-state index contributed by atoms with van der Waals surface area (Å²) >= 11 is 0. The number of hydrogen-bond donors (Lipinski definition) is 0. The number of hydrogen-bond acceptors (Lipinski definition) is 2. The van der Waals surface area contributed by atoms with Crippen molar-refractivity contribution in [3.63, 3.8) is 0 Å². The number of carbonyl (C=O) groups excluding carboxylic acids is 1. The minimum absolute atomic E-state index is 0.269. The van der Waals surface area contributed by atoms with Gasteiger partial charge in [-0.15, -0.1) is 0 Å². The Labute approximate surface area is 95.1 Å². The highest BCUT2D eigenvalue weighted by molar-refractivity contribution is 5.78. The summed E-state index contributed by atoms with van der Waals surface area (Å²) in [6, 6.07) is 8.18. The number of carbonyl (C=O) groups is 1. The van der Waals surface area contributed by atoms with Crippen molar-refractivity contribution in [3.8, 4) is 0 Å². The van der Waals surface area contributed by atoms with E-state index in [1.54, 1.807) is 6.92 Å². The smallest absolute Gasteiger partial charge is 0.129 e. The Bertz CT molecular complexity index is 487. The van der Waals surface area contributed by atoms with E-state index in [2.05, 4.69) is 17.2 Å². The van der Waals surface area contributed by atoms with Gasteiger partial charge in [0.15, 0.2) is 0 Å². The fourth-order valence-electron chi connectivity index (χ4n) is 1.84. The monoisotopic (exact) mass is 216 g/mol. The van der Waals surface area contributed by atoms with Crippen LogP contribution in [-0.2, 0) is 11.3 Å². The van der Waals surface area contributed by atoms with Gasteiger partial charge in [0.2, 0.25) is 0 Å². The quantitative estimate of drug-likeness (QED) is 0.720. The van der Waals surface area contributed by atoms with Crippen LogP contribution in [-0.4, -0.2) is 15.6 Å². The second kappa shape index (κ2) is 4.92. The van der Waals surface area contributed by atoms with Crippen molar-refractivity contribution >= 4 is 16.7 Å². The van der Waals surface area contributed by atoms with Crippen molar-refractivity contribution in [2.24, 2.45) is 0 Å². The van der Waals surface area contributed by atoms with E-state index in [1.165, 1.54) is 10.9 Å². The highest BCUT2D eigenvalue weighted by Crippen LogP contribution is 2.13. The van der Waals surface area contributed by atoms with Gasteiger partial charge in [0.25, 0.3) is 0 Å². The number of aromatic nitrogens is 2. The number of nitrogens with zero attached hydrogens (tertiary/aromatic N) is 2. The van der Waals surface area contributed by atoms with Gasteiger partial charge >= 0.3 is 0 Å². The van der Waals surface area contributed by atoms with Crippen LogP contribution in [0.15, 0.2) is 30.5 Å². The molecule has 0 atom stereocenters. The minimum atomic E-state index is 0.269. The number of Topliss-reactive ketones (excluding diaryl/α,β-unsaturated/α-hetero) is 1. The van der Waals surface area contributed by atoms with E-state index in [9.17, 15) is 4.79 Å². The summed E-state index contributed by atoms with van der Waals surface area (Å²) in [5.41, 5.74) is 1.17. The molecule has 3 nitrogen and oxygen atoms in total. The fraction of sp³-hybridized carbons (Fsp3) is 0.385. The van der Waals surface area contributed by atoms with Gasteiger partial charge in [-0.25, -0.2) is 0 Å². The van der Waals surface area contributed by atoms with Crippen molar-refractivity contribution in [2.75, 3.05) is 0 Å². The molecular weight excluding hydrogens is 200 g/mol. The van der Waals surface area contributed by atoms with Gasteiger partial charge in [-0.05, 0) is 25.8 Å². The van der Waals surface area contributed by atoms with Crippen molar-refractivity contribution in [3.05, 3.63) is 30.5 Å². The summed E-state index contributed by atoms with van der Waals surface area (Å²) in [7, 11) is 0. The Balaban J connectivity index is 1.97. The molecule has 0 N–H and O–H groups in total. The van der Waals surface area contributed by atoms with E-state index in [0.29, 0.717) is 6.42 Å². The second-order valence-electron chi connectivity index (χ2n) is 4.09. The molecule has 0 aliphatic heterocycles. The van der Waals surface area contributed by atoms with Crippen molar-refractivity contribution in [2.45, 2.75) is 32.7 Å². The van der Waals surface area contributed by atoms with Crippen LogP contribution in [0, 0.1) is 0 Å². The van der Waals surface area contributed by atoms with Crippen LogP contribution in [0.3, 0.4) is 0 Å². The maximum absolute atomic E-state index is 10.8. The normalized spacial score (nSPS) is 10.8. The largest absolute Gasteiger partial charge is 0.300 e. The number of aryl methyl sites for hydroxylation is 1. The van der Waals surface area contributed by atoms with Crippen LogP contribution in [0.5, 0.6) is 0 Å². The minimum Gasteiger partial charge on any atom is -0.300 e. The highest BCUT2D eigenvalue weighted by atomic mass is 16.1. The zero-order valence-electron chi connectivity index (χ0n) is 9.52. The van der Waals surface area contributed by atoms with E-state index in [0.717, 1.165) is 19.4 Å². The summed E-state index contributed by atoms with van der Waals surface area (Å²) < 4.78 is 2.01. The summed E-state index contributed by atoms with van der Waals surface area (Å²) in [5, 5.41) is 5.52. The number of ketones is 1. The molecule has 1 aromatic carbocycles. The molecule has 2 rings (SSSR count). The molecule has 16 heavy (non-hydrogen) atoms. The average Bonchev–Trinajstić information content (AvgIpc) is 2.68. The van der Waals surface area contributed by atoms with E-state index >= 15 is 0 Å².